The predicted molar refractivity (Wildman–Crippen MR) is 133 cm³/mol. The van der Waals surface area contributed by atoms with E-state index in [-0.39, 0.29) is 34.1 Å². The van der Waals surface area contributed by atoms with Gasteiger partial charge in [0.05, 0.1) is 11.1 Å². The van der Waals surface area contributed by atoms with Crippen LogP contribution in [0.1, 0.15) is 69.6 Å². The summed E-state index contributed by atoms with van der Waals surface area (Å²) in [6.45, 7) is 0.172. The van der Waals surface area contributed by atoms with Gasteiger partial charge in [-0.15, -0.1) is 0 Å². The van der Waals surface area contributed by atoms with Crippen molar-refractivity contribution in [3.63, 3.8) is 0 Å². The smallest absolute Gasteiger partial charge is 0.354 e. The summed E-state index contributed by atoms with van der Waals surface area (Å²) in [6.07, 6.45) is 3.34. The molecule has 1 aliphatic carbocycles. The van der Waals surface area contributed by atoms with Gasteiger partial charge in [-0.3, -0.25) is 19.3 Å². The third kappa shape index (κ3) is 4.56. The minimum Gasteiger partial charge on any atom is -0.418 e. The van der Waals surface area contributed by atoms with Crippen LogP contribution in [0, 0.1) is 3.57 Å². The second-order valence-electron chi connectivity index (χ2n) is 8.65. The van der Waals surface area contributed by atoms with E-state index in [1.165, 1.54) is 4.90 Å². The van der Waals surface area contributed by atoms with Crippen molar-refractivity contribution in [2.45, 2.75) is 44.3 Å². The fourth-order valence-electron chi connectivity index (χ4n) is 4.52. The van der Waals surface area contributed by atoms with Crippen molar-refractivity contribution >= 4 is 53.8 Å². The first-order chi connectivity index (χ1) is 16.9. The van der Waals surface area contributed by atoms with E-state index in [2.05, 4.69) is 0 Å². The van der Waals surface area contributed by atoms with Crippen molar-refractivity contribution in [3.05, 3.63) is 68.8 Å². The standard InChI is InChI=1S/C26H22INO7/c29-20(8-5-15-28-22(30)18-6-1-2-7-19(18)23(28)31)16-9-11-17(12-10-16)27-21-24(32)34-26(35-25(21)33)13-3-4-14-26/h1-2,6-7,9-12H,3-5,8,13-15H2. The number of rotatable bonds is 6. The number of amides is 2. The van der Waals surface area contributed by atoms with Crippen LogP contribution in [0.2, 0.25) is 0 Å². The number of esters is 2. The quantitative estimate of drug-likeness (QED) is 0.220. The number of carbonyl (C=O) groups is 5. The number of halogens is 1. The number of carbonyl (C=O) groups excluding carboxylic acids is 5. The van der Waals surface area contributed by atoms with Gasteiger partial charge in [0.15, 0.2) is 9.29 Å². The van der Waals surface area contributed by atoms with Crippen LogP contribution < -0.4 is 0 Å². The molecule has 1 spiro atoms. The van der Waals surface area contributed by atoms with Gasteiger partial charge in [0.25, 0.3) is 17.6 Å². The van der Waals surface area contributed by atoms with Crippen LogP contribution in [0.25, 0.3) is 0 Å². The molecule has 0 radical (unpaired) electrons. The molecule has 1 saturated heterocycles. The number of hydrogen-bond donors (Lipinski definition) is 0. The molecule has 2 amide bonds. The molecule has 2 aromatic rings. The highest BCUT2D eigenvalue weighted by Crippen LogP contribution is 2.37. The SMILES string of the molecule is O=C1OC2(CCCC2)OC(=O)C1=Ic1ccc(C(=O)CCCN2C(=O)c3ccccc3C2=O)cc1. The first-order valence-electron chi connectivity index (χ1n) is 11.4. The highest BCUT2D eigenvalue weighted by atomic mass is 127. The highest BCUT2D eigenvalue weighted by molar-refractivity contribution is 14.2. The molecule has 2 aliphatic heterocycles. The average molecular weight is 587 g/mol. The van der Waals surface area contributed by atoms with E-state index in [0.29, 0.717) is 36.0 Å². The molecule has 0 aromatic heterocycles. The lowest BCUT2D eigenvalue weighted by Gasteiger charge is -2.32. The Morgan fingerprint density at radius 3 is 2.00 bits per heavy atom. The number of ketones is 1. The number of benzene rings is 2. The summed E-state index contributed by atoms with van der Waals surface area (Å²) >= 11 is -1.12. The summed E-state index contributed by atoms with van der Waals surface area (Å²) in [7, 11) is 0. The van der Waals surface area contributed by atoms with E-state index in [9.17, 15) is 24.0 Å². The Kier molecular flexibility index (Phi) is 6.35. The highest BCUT2D eigenvalue weighted by Gasteiger charge is 2.48. The molecule has 9 heteroatoms. The van der Waals surface area contributed by atoms with Crippen molar-refractivity contribution in [2.75, 3.05) is 6.54 Å². The first kappa shape index (κ1) is 23.5. The molecule has 2 fully saturated rings. The molecule has 5 rings (SSSR count). The molecule has 0 unspecified atom stereocenters. The van der Waals surface area contributed by atoms with Crippen LogP contribution >= 0.6 is 20.7 Å². The minimum atomic E-state index is -1.12. The Morgan fingerprint density at radius 2 is 1.43 bits per heavy atom. The minimum absolute atomic E-state index is 0.0568. The molecule has 8 nitrogen and oxygen atoms in total. The van der Waals surface area contributed by atoms with E-state index in [0.717, 1.165) is 16.4 Å². The van der Waals surface area contributed by atoms with Crippen LogP contribution in [0.4, 0.5) is 0 Å². The molecular weight excluding hydrogens is 565 g/mol. The number of fused-ring (bicyclic) bond motifs is 1. The summed E-state index contributed by atoms with van der Waals surface area (Å²) < 4.78 is 11.8. The summed E-state index contributed by atoms with van der Waals surface area (Å²) in [6, 6.07) is 13.5. The van der Waals surface area contributed by atoms with Gasteiger partial charge in [-0.1, -0.05) is 45.0 Å². The summed E-state index contributed by atoms with van der Waals surface area (Å²) in [5, 5.41) is 0. The molecular formula is C26H22INO7. The van der Waals surface area contributed by atoms with Crippen molar-refractivity contribution in [2.24, 2.45) is 0 Å². The van der Waals surface area contributed by atoms with Crippen molar-refractivity contribution in [3.8, 4) is 0 Å². The Bertz CT molecular complexity index is 1220. The predicted octanol–water partition coefficient (Wildman–Crippen LogP) is 3.63. The van der Waals surface area contributed by atoms with Crippen LogP contribution in [0.5, 0.6) is 0 Å². The zero-order valence-corrected chi connectivity index (χ0v) is 20.9. The van der Waals surface area contributed by atoms with Gasteiger partial charge in [-0.05, 0) is 43.5 Å². The van der Waals surface area contributed by atoms with Crippen LogP contribution in [0.3, 0.4) is 0 Å². The van der Waals surface area contributed by atoms with Gasteiger partial charge in [0, 0.05) is 34.9 Å². The maximum Gasteiger partial charge on any atom is 0.354 e. The third-order valence-electron chi connectivity index (χ3n) is 6.31. The van der Waals surface area contributed by atoms with E-state index in [1.807, 2.05) is 0 Å². The van der Waals surface area contributed by atoms with Gasteiger partial charge < -0.3 is 9.47 Å². The lowest BCUT2D eigenvalue weighted by Crippen LogP contribution is -2.48. The van der Waals surface area contributed by atoms with Crippen LogP contribution in [0.15, 0.2) is 48.5 Å². The van der Waals surface area contributed by atoms with Gasteiger partial charge in [0.1, 0.15) is 0 Å². The molecule has 35 heavy (non-hydrogen) atoms. The number of hydrogen-bond acceptors (Lipinski definition) is 7. The topological polar surface area (TPSA) is 107 Å². The maximum absolute atomic E-state index is 12.6. The van der Waals surface area contributed by atoms with Crippen LogP contribution in [-0.4, -0.2) is 50.3 Å². The van der Waals surface area contributed by atoms with E-state index >= 15 is 0 Å². The largest absolute Gasteiger partial charge is 0.418 e. The van der Waals surface area contributed by atoms with Gasteiger partial charge >= 0.3 is 11.9 Å². The lowest BCUT2D eigenvalue weighted by molar-refractivity contribution is -0.224. The third-order valence-corrected chi connectivity index (χ3v) is 9.08. The fourth-order valence-corrected chi connectivity index (χ4v) is 6.52. The Morgan fingerprint density at radius 1 is 0.857 bits per heavy atom. The summed E-state index contributed by atoms with van der Waals surface area (Å²) in [5.74, 6) is -3.04. The molecule has 1 saturated carbocycles. The number of imide groups is 1. The molecule has 2 heterocycles. The van der Waals surface area contributed by atoms with Gasteiger partial charge in [-0.2, -0.15) is 0 Å². The number of nitrogens with zero attached hydrogens (tertiary/aromatic N) is 1. The molecule has 0 N–H and O–H groups in total. The molecule has 0 bridgehead atoms. The summed E-state index contributed by atoms with van der Waals surface area (Å²) in [5.41, 5.74) is 1.28. The molecule has 0 atom stereocenters. The van der Waals surface area contributed by atoms with E-state index < -0.39 is 38.5 Å². The molecule has 180 valence electrons. The second-order valence-corrected chi connectivity index (χ2v) is 11.5. The normalized spacial score (nSPS) is 18.6. The maximum atomic E-state index is 12.6. The Balaban J connectivity index is 1.18. The van der Waals surface area contributed by atoms with Crippen molar-refractivity contribution in [1.82, 2.24) is 4.90 Å². The first-order valence-corrected chi connectivity index (χ1v) is 13.6. The fraction of sp³-hybridized carbons (Fsp3) is 0.308. The molecule has 3 aliphatic rings. The van der Waals surface area contributed by atoms with Crippen molar-refractivity contribution < 1.29 is 33.4 Å². The zero-order valence-electron chi connectivity index (χ0n) is 18.8. The zero-order chi connectivity index (χ0) is 24.6. The number of Topliss-reactive ketones (excluding diaryl/α,β-unsaturated/α-hetero) is 1. The second kappa shape index (κ2) is 9.44. The van der Waals surface area contributed by atoms with Crippen molar-refractivity contribution in [1.29, 1.82) is 0 Å². The Labute approximate surface area is 211 Å². The van der Waals surface area contributed by atoms with Gasteiger partial charge in [-0.25, -0.2) is 9.59 Å². The summed E-state index contributed by atoms with van der Waals surface area (Å²) in [4.78, 5) is 63.6. The van der Waals surface area contributed by atoms with Crippen LogP contribution in [-0.2, 0) is 19.1 Å². The lowest BCUT2D eigenvalue weighted by atomic mass is 10.1. The van der Waals surface area contributed by atoms with E-state index in [1.54, 1.807) is 48.5 Å². The van der Waals surface area contributed by atoms with E-state index in [4.69, 9.17) is 9.47 Å². The number of ether oxygens (including phenoxy) is 2. The van der Waals surface area contributed by atoms with Gasteiger partial charge in [0.2, 0.25) is 0 Å². The molecule has 2 aromatic carbocycles. The monoisotopic (exact) mass is 587 g/mol. The average Bonchev–Trinajstić information content (AvgIpc) is 3.39. The Hall–Kier alpha value is -3.21.